The minimum Gasteiger partial charge on any atom is -0.479 e. The standard InChI is InChI=1S/C14H16FNO4/c1-3-16-11(17)7-20-13(14(18)19)12(16)10-5-4-9(15)6-8(10)2/h4-6,12-13H,3,7H2,1-2H3,(H,18,19). The number of carboxylic acids is 1. The van der Waals surface area contributed by atoms with Crippen molar-refractivity contribution in [3.63, 3.8) is 0 Å². The van der Waals surface area contributed by atoms with Gasteiger partial charge in [0.2, 0.25) is 5.91 Å². The van der Waals surface area contributed by atoms with Crippen LogP contribution in [-0.4, -0.2) is 41.1 Å². The molecule has 1 heterocycles. The Morgan fingerprint density at radius 1 is 1.55 bits per heavy atom. The number of carboxylic acid groups (broad SMARTS) is 1. The fourth-order valence-electron chi connectivity index (χ4n) is 2.54. The van der Waals surface area contributed by atoms with Crippen LogP contribution in [0.25, 0.3) is 0 Å². The van der Waals surface area contributed by atoms with E-state index in [0.29, 0.717) is 17.7 Å². The van der Waals surface area contributed by atoms with Gasteiger partial charge in [0.25, 0.3) is 0 Å². The van der Waals surface area contributed by atoms with Gasteiger partial charge in [0.15, 0.2) is 6.10 Å². The molecule has 1 aliphatic heterocycles. The number of likely N-dealkylation sites (N-methyl/N-ethyl adjacent to an activating group) is 1. The molecule has 1 aromatic rings. The minimum absolute atomic E-state index is 0.248. The lowest BCUT2D eigenvalue weighted by Crippen LogP contribution is -2.51. The number of hydrogen-bond donors (Lipinski definition) is 1. The Hall–Kier alpha value is -1.95. The maximum atomic E-state index is 13.2. The third-order valence-electron chi connectivity index (χ3n) is 3.46. The number of benzene rings is 1. The summed E-state index contributed by atoms with van der Waals surface area (Å²) < 4.78 is 18.3. The summed E-state index contributed by atoms with van der Waals surface area (Å²) >= 11 is 0. The number of amides is 1. The Morgan fingerprint density at radius 3 is 2.80 bits per heavy atom. The van der Waals surface area contributed by atoms with Gasteiger partial charge in [0.1, 0.15) is 12.4 Å². The largest absolute Gasteiger partial charge is 0.479 e. The van der Waals surface area contributed by atoms with Crippen molar-refractivity contribution in [1.29, 1.82) is 0 Å². The highest BCUT2D eigenvalue weighted by atomic mass is 19.1. The van der Waals surface area contributed by atoms with Crippen molar-refractivity contribution in [2.24, 2.45) is 0 Å². The van der Waals surface area contributed by atoms with Crippen molar-refractivity contribution >= 4 is 11.9 Å². The van der Waals surface area contributed by atoms with Crippen molar-refractivity contribution < 1.29 is 23.8 Å². The molecule has 1 saturated heterocycles. The predicted octanol–water partition coefficient (Wildman–Crippen LogP) is 1.51. The van der Waals surface area contributed by atoms with E-state index in [0.717, 1.165) is 0 Å². The van der Waals surface area contributed by atoms with E-state index in [2.05, 4.69) is 0 Å². The van der Waals surface area contributed by atoms with Gasteiger partial charge < -0.3 is 14.7 Å². The van der Waals surface area contributed by atoms with E-state index in [9.17, 15) is 19.1 Å². The molecule has 20 heavy (non-hydrogen) atoms. The highest BCUT2D eigenvalue weighted by Crippen LogP contribution is 2.32. The smallest absolute Gasteiger partial charge is 0.335 e. The number of carbonyl (C=O) groups is 2. The fourth-order valence-corrected chi connectivity index (χ4v) is 2.54. The molecule has 108 valence electrons. The van der Waals surface area contributed by atoms with Crippen molar-refractivity contribution in [3.05, 3.63) is 35.1 Å². The first-order valence-electron chi connectivity index (χ1n) is 6.35. The third kappa shape index (κ3) is 2.51. The summed E-state index contributed by atoms with van der Waals surface area (Å²) in [6, 6.07) is 3.35. The van der Waals surface area contributed by atoms with Crippen molar-refractivity contribution in [3.8, 4) is 0 Å². The van der Waals surface area contributed by atoms with Gasteiger partial charge in [-0.3, -0.25) is 4.79 Å². The van der Waals surface area contributed by atoms with Crippen LogP contribution in [0, 0.1) is 12.7 Å². The number of aryl methyl sites for hydroxylation is 1. The molecule has 2 rings (SSSR count). The maximum Gasteiger partial charge on any atom is 0.335 e. The minimum atomic E-state index is -1.14. The fraction of sp³-hybridized carbons (Fsp3) is 0.429. The molecule has 1 fully saturated rings. The van der Waals surface area contributed by atoms with Crippen molar-refractivity contribution in [2.45, 2.75) is 26.0 Å². The molecule has 2 unspecified atom stereocenters. The van der Waals surface area contributed by atoms with Gasteiger partial charge >= 0.3 is 5.97 Å². The topological polar surface area (TPSA) is 66.8 Å². The van der Waals surface area contributed by atoms with Gasteiger partial charge in [0.05, 0.1) is 6.04 Å². The van der Waals surface area contributed by atoms with E-state index in [1.807, 2.05) is 0 Å². The van der Waals surface area contributed by atoms with Crippen LogP contribution in [0.3, 0.4) is 0 Å². The molecule has 0 bridgehead atoms. The first-order valence-corrected chi connectivity index (χ1v) is 6.35. The summed E-state index contributed by atoms with van der Waals surface area (Å²) in [6.07, 6.45) is -1.14. The molecular weight excluding hydrogens is 265 g/mol. The number of nitrogens with zero attached hydrogens (tertiary/aromatic N) is 1. The number of aliphatic carboxylic acids is 1. The Balaban J connectivity index is 2.49. The molecule has 1 aromatic carbocycles. The molecule has 0 aromatic heterocycles. The predicted molar refractivity (Wildman–Crippen MR) is 68.6 cm³/mol. The van der Waals surface area contributed by atoms with Crippen LogP contribution < -0.4 is 0 Å². The summed E-state index contributed by atoms with van der Waals surface area (Å²) in [7, 11) is 0. The molecule has 2 atom stereocenters. The van der Waals surface area contributed by atoms with Crippen LogP contribution in [-0.2, 0) is 14.3 Å². The van der Waals surface area contributed by atoms with Gasteiger partial charge in [-0.2, -0.15) is 0 Å². The molecule has 0 aliphatic carbocycles. The highest BCUT2D eigenvalue weighted by Gasteiger charge is 2.41. The van der Waals surface area contributed by atoms with Crippen LogP contribution in [0.4, 0.5) is 4.39 Å². The summed E-state index contributed by atoms with van der Waals surface area (Å²) in [5, 5.41) is 9.28. The first-order chi connectivity index (χ1) is 9.45. The second kappa shape index (κ2) is 5.58. The monoisotopic (exact) mass is 281 g/mol. The number of hydrogen-bond acceptors (Lipinski definition) is 3. The zero-order valence-corrected chi connectivity index (χ0v) is 11.3. The second-order valence-corrected chi connectivity index (χ2v) is 4.70. The number of rotatable bonds is 3. The molecular formula is C14H16FNO4. The molecule has 1 N–H and O–H groups in total. The quantitative estimate of drug-likeness (QED) is 0.912. The maximum absolute atomic E-state index is 13.2. The highest BCUT2D eigenvalue weighted by molar-refractivity contribution is 5.83. The van der Waals surface area contributed by atoms with Gasteiger partial charge in [-0.15, -0.1) is 0 Å². The lowest BCUT2D eigenvalue weighted by Gasteiger charge is -2.39. The molecule has 5 nitrogen and oxygen atoms in total. The molecule has 0 radical (unpaired) electrons. The average Bonchev–Trinajstić information content (AvgIpc) is 2.38. The summed E-state index contributed by atoms with van der Waals surface area (Å²) in [4.78, 5) is 24.7. The normalized spacial score (nSPS) is 22.9. The Bertz CT molecular complexity index is 544. The summed E-state index contributed by atoms with van der Waals surface area (Å²) in [5.74, 6) is -1.80. The van der Waals surface area contributed by atoms with Gasteiger partial charge in [-0.1, -0.05) is 6.07 Å². The van der Waals surface area contributed by atoms with Gasteiger partial charge in [0, 0.05) is 6.54 Å². The van der Waals surface area contributed by atoms with E-state index in [-0.39, 0.29) is 12.5 Å². The summed E-state index contributed by atoms with van der Waals surface area (Å²) in [6.45, 7) is 3.58. The van der Waals surface area contributed by atoms with Crippen molar-refractivity contribution in [1.82, 2.24) is 4.90 Å². The second-order valence-electron chi connectivity index (χ2n) is 4.70. The number of morpholine rings is 1. The van der Waals surface area contributed by atoms with Gasteiger partial charge in [-0.25, -0.2) is 9.18 Å². The van der Waals surface area contributed by atoms with Gasteiger partial charge in [-0.05, 0) is 37.1 Å². The molecule has 6 heteroatoms. The average molecular weight is 281 g/mol. The molecule has 0 saturated carbocycles. The van der Waals surface area contributed by atoms with E-state index >= 15 is 0 Å². The SMILES string of the molecule is CCN1C(=O)COC(C(=O)O)C1c1ccc(F)cc1C. The van der Waals surface area contributed by atoms with E-state index < -0.39 is 23.9 Å². The van der Waals surface area contributed by atoms with Crippen LogP contribution >= 0.6 is 0 Å². The Kier molecular flexibility index (Phi) is 4.04. The van der Waals surface area contributed by atoms with E-state index in [4.69, 9.17) is 4.74 Å². The van der Waals surface area contributed by atoms with Crippen LogP contribution in [0.1, 0.15) is 24.1 Å². The Labute approximate surface area is 116 Å². The molecule has 1 aliphatic rings. The summed E-state index contributed by atoms with van der Waals surface area (Å²) in [5.41, 5.74) is 1.19. The lowest BCUT2D eigenvalue weighted by atomic mass is 9.94. The van der Waals surface area contributed by atoms with Crippen LogP contribution in [0.15, 0.2) is 18.2 Å². The number of carbonyl (C=O) groups excluding carboxylic acids is 1. The number of ether oxygens (including phenoxy) is 1. The van der Waals surface area contributed by atoms with E-state index in [1.54, 1.807) is 13.8 Å². The zero-order chi connectivity index (χ0) is 14.9. The zero-order valence-electron chi connectivity index (χ0n) is 11.3. The molecule has 1 amide bonds. The Morgan fingerprint density at radius 2 is 2.25 bits per heavy atom. The third-order valence-corrected chi connectivity index (χ3v) is 3.46. The first kappa shape index (κ1) is 14.5. The van der Waals surface area contributed by atoms with Crippen LogP contribution in [0.5, 0.6) is 0 Å². The number of halogens is 1. The molecule has 0 spiro atoms. The van der Waals surface area contributed by atoms with Crippen LogP contribution in [0.2, 0.25) is 0 Å². The van der Waals surface area contributed by atoms with E-state index in [1.165, 1.54) is 23.1 Å². The lowest BCUT2D eigenvalue weighted by molar-refractivity contribution is -0.172. The van der Waals surface area contributed by atoms with Crippen molar-refractivity contribution in [2.75, 3.05) is 13.2 Å².